The van der Waals surface area contributed by atoms with Gasteiger partial charge in [0.25, 0.3) is 5.91 Å². The number of aromatic nitrogens is 3. The van der Waals surface area contributed by atoms with Crippen LogP contribution in [0.1, 0.15) is 29.0 Å². The second kappa shape index (κ2) is 5.90. The van der Waals surface area contributed by atoms with Gasteiger partial charge in [0.15, 0.2) is 0 Å². The molecule has 7 nitrogen and oxygen atoms in total. The Morgan fingerprint density at radius 3 is 3.04 bits per heavy atom. The number of aromatic amines is 1. The summed E-state index contributed by atoms with van der Waals surface area (Å²) in [5.74, 6) is 0.802. The Morgan fingerprint density at radius 1 is 1.30 bits per heavy atom. The van der Waals surface area contributed by atoms with Crippen LogP contribution >= 0.6 is 0 Å². The Balaban J connectivity index is 1.55. The van der Waals surface area contributed by atoms with Crippen LogP contribution in [-0.4, -0.2) is 45.8 Å². The molecule has 2 aliphatic heterocycles. The van der Waals surface area contributed by atoms with E-state index < -0.39 is 0 Å². The first kappa shape index (κ1) is 16.0. The minimum atomic E-state index is -0.323. The maximum Gasteiger partial charge on any atom is 0.271 e. The molecule has 2 aromatic heterocycles. The van der Waals surface area contributed by atoms with Crippen molar-refractivity contribution in [2.45, 2.75) is 18.4 Å². The number of fused-ring (bicyclic) bond motifs is 4. The Hall–Kier alpha value is -3.22. The van der Waals surface area contributed by atoms with E-state index in [2.05, 4.69) is 44.5 Å². The van der Waals surface area contributed by atoms with Crippen LogP contribution in [0.25, 0.3) is 5.69 Å². The number of H-pyrrole nitrogens is 1. The summed E-state index contributed by atoms with van der Waals surface area (Å²) in [6, 6.07) is 12.0. The van der Waals surface area contributed by atoms with E-state index in [9.17, 15) is 4.79 Å². The van der Waals surface area contributed by atoms with Gasteiger partial charge < -0.3 is 19.5 Å². The van der Waals surface area contributed by atoms with E-state index in [0.717, 1.165) is 36.5 Å². The Bertz CT molecular complexity index is 994. The molecule has 5 rings (SSSR count). The molecule has 1 spiro atoms. The van der Waals surface area contributed by atoms with Gasteiger partial charge in [-0.2, -0.15) is 5.10 Å². The van der Waals surface area contributed by atoms with Gasteiger partial charge >= 0.3 is 0 Å². The van der Waals surface area contributed by atoms with Gasteiger partial charge in [-0.15, -0.1) is 0 Å². The average molecular weight is 363 g/mol. The highest BCUT2D eigenvalue weighted by Gasteiger charge is 2.43. The topological polar surface area (TPSA) is 75.2 Å². The van der Waals surface area contributed by atoms with Gasteiger partial charge in [-0.25, -0.2) is 0 Å². The summed E-state index contributed by atoms with van der Waals surface area (Å²) in [4.78, 5) is 14.8. The summed E-state index contributed by atoms with van der Waals surface area (Å²) in [6.07, 6.45) is 5.58. The number of amides is 1. The molecule has 1 fully saturated rings. The molecule has 2 aliphatic rings. The lowest BCUT2D eigenvalue weighted by Gasteiger charge is -2.47. The number of likely N-dealkylation sites (tertiary alicyclic amines) is 1. The van der Waals surface area contributed by atoms with E-state index in [1.165, 1.54) is 5.69 Å². The third-order valence-electron chi connectivity index (χ3n) is 5.59. The molecule has 1 saturated heterocycles. The minimum absolute atomic E-state index is 0.0112. The fourth-order valence-corrected chi connectivity index (χ4v) is 4.34. The zero-order valence-electron chi connectivity index (χ0n) is 15.1. The maximum absolute atomic E-state index is 12.9. The summed E-state index contributed by atoms with van der Waals surface area (Å²) < 4.78 is 7.63. The molecule has 1 unspecified atom stereocenters. The number of ether oxygens (including phenoxy) is 1. The lowest BCUT2D eigenvalue weighted by Crippen LogP contribution is -2.54. The van der Waals surface area contributed by atoms with Crippen LogP contribution in [0.3, 0.4) is 0 Å². The molecule has 2 N–H and O–H groups in total. The summed E-state index contributed by atoms with van der Waals surface area (Å²) >= 11 is 0. The van der Waals surface area contributed by atoms with Crippen LogP contribution in [0.5, 0.6) is 5.75 Å². The molecular weight excluding hydrogens is 342 g/mol. The van der Waals surface area contributed by atoms with Gasteiger partial charge in [0.05, 0.1) is 29.7 Å². The number of nitrogens with zero attached hydrogens (tertiary/aromatic N) is 3. The highest BCUT2D eigenvalue weighted by molar-refractivity contribution is 5.92. The van der Waals surface area contributed by atoms with Crippen LogP contribution in [0, 0.1) is 0 Å². The normalized spacial score (nSPS) is 20.7. The fourth-order valence-electron chi connectivity index (χ4n) is 4.34. The standard InChI is InChI=1S/C20H21N5O2/c1-27-14-5-6-17-16(12-14)22-20(18-4-2-11-25(17)18)8-3-10-24(13-20)19(26)15-7-9-21-23-15/h2,4-7,9,11-12,22H,3,8,10,13H2,1H3,(H,21,23). The molecule has 7 heteroatoms. The second-order valence-corrected chi connectivity index (χ2v) is 7.15. The lowest BCUT2D eigenvalue weighted by molar-refractivity contribution is 0.0646. The number of piperidine rings is 1. The third-order valence-corrected chi connectivity index (χ3v) is 5.59. The van der Waals surface area contributed by atoms with Gasteiger partial charge in [-0.05, 0) is 43.2 Å². The highest BCUT2D eigenvalue weighted by atomic mass is 16.5. The number of benzene rings is 1. The molecule has 4 heterocycles. The van der Waals surface area contributed by atoms with Crippen LogP contribution < -0.4 is 10.1 Å². The van der Waals surface area contributed by atoms with Gasteiger partial charge in [-0.1, -0.05) is 0 Å². The van der Waals surface area contributed by atoms with Gasteiger partial charge in [-0.3, -0.25) is 9.89 Å². The largest absolute Gasteiger partial charge is 0.497 e. The van der Waals surface area contributed by atoms with Crippen molar-refractivity contribution in [3.05, 3.63) is 60.2 Å². The van der Waals surface area contributed by atoms with E-state index in [1.807, 2.05) is 17.0 Å². The monoisotopic (exact) mass is 363 g/mol. The number of carbonyl (C=O) groups excluding carboxylic acids is 1. The average Bonchev–Trinajstić information content (AvgIpc) is 3.39. The highest BCUT2D eigenvalue weighted by Crippen LogP contribution is 2.43. The molecule has 0 bridgehead atoms. The van der Waals surface area contributed by atoms with Crippen molar-refractivity contribution in [2.75, 3.05) is 25.5 Å². The molecule has 0 aliphatic carbocycles. The van der Waals surface area contributed by atoms with Crippen molar-refractivity contribution < 1.29 is 9.53 Å². The van der Waals surface area contributed by atoms with E-state index in [0.29, 0.717) is 12.2 Å². The van der Waals surface area contributed by atoms with Gasteiger partial charge in [0.2, 0.25) is 0 Å². The van der Waals surface area contributed by atoms with Crippen LogP contribution in [0.2, 0.25) is 0 Å². The van der Waals surface area contributed by atoms with Gasteiger partial charge in [0.1, 0.15) is 11.4 Å². The predicted molar refractivity (Wildman–Crippen MR) is 101 cm³/mol. The van der Waals surface area contributed by atoms with Crippen molar-refractivity contribution in [1.82, 2.24) is 19.7 Å². The zero-order chi connectivity index (χ0) is 18.4. The molecule has 0 saturated carbocycles. The Morgan fingerprint density at radius 2 is 2.22 bits per heavy atom. The van der Waals surface area contributed by atoms with Gasteiger partial charge in [0, 0.05) is 31.5 Å². The molecule has 3 aromatic rings. The SMILES string of the molecule is COc1ccc2c(c1)NC1(CCCN(C(=O)c3ccn[nH]3)C1)c1cccn1-2. The number of rotatable bonds is 2. The predicted octanol–water partition coefficient (Wildman–Crippen LogP) is 2.77. The van der Waals surface area contributed by atoms with Crippen LogP contribution in [-0.2, 0) is 5.54 Å². The quantitative estimate of drug-likeness (QED) is 0.734. The molecule has 1 aromatic carbocycles. The fraction of sp³-hybridized carbons (Fsp3) is 0.300. The van der Waals surface area contributed by atoms with Crippen molar-refractivity contribution in [3.63, 3.8) is 0 Å². The van der Waals surface area contributed by atoms with E-state index in [-0.39, 0.29) is 11.4 Å². The summed E-state index contributed by atoms with van der Waals surface area (Å²) in [7, 11) is 1.67. The first-order valence-electron chi connectivity index (χ1n) is 9.13. The Labute approximate surface area is 156 Å². The van der Waals surface area contributed by atoms with Crippen LogP contribution in [0.4, 0.5) is 5.69 Å². The van der Waals surface area contributed by atoms with E-state index in [4.69, 9.17) is 4.74 Å². The minimum Gasteiger partial charge on any atom is -0.497 e. The zero-order valence-corrected chi connectivity index (χ0v) is 15.1. The molecule has 138 valence electrons. The van der Waals surface area contributed by atoms with Crippen molar-refractivity contribution >= 4 is 11.6 Å². The smallest absolute Gasteiger partial charge is 0.271 e. The summed E-state index contributed by atoms with van der Waals surface area (Å²) in [5.41, 5.74) is 3.51. The maximum atomic E-state index is 12.9. The third kappa shape index (κ3) is 2.42. The molecule has 0 radical (unpaired) electrons. The number of anilines is 1. The summed E-state index contributed by atoms with van der Waals surface area (Å²) in [5, 5.41) is 10.4. The molecule has 1 amide bonds. The molecule has 1 atom stereocenters. The van der Waals surface area contributed by atoms with Crippen molar-refractivity contribution in [1.29, 1.82) is 0 Å². The lowest BCUT2D eigenvalue weighted by atomic mass is 9.83. The number of carbonyl (C=O) groups is 1. The van der Waals surface area contributed by atoms with Crippen molar-refractivity contribution in [2.24, 2.45) is 0 Å². The van der Waals surface area contributed by atoms with Crippen molar-refractivity contribution in [3.8, 4) is 11.4 Å². The number of methoxy groups -OCH3 is 1. The molecular formula is C20H21N5O2. The number of nitrogens with one attached hydrogen (secondary N) is 2. The summed E-state index contributed by atoms with van der Waals surface area (Å²) in [6.45, 7) is 1.35. The first-order valence-corrected chi connectivity index (χ1v) is 9.13. The number of hydrogen-bond donors (Lipinski definition) is 2. The van der Waals surface area contributed by atoms with Crippen LogP contribution in [0.15, 0.2) is 48.8 Å². The molecule has 27 heavy (non-hydrogen) atoms. The van der Waals surface area contributed by atoms with E-state index in [1.54, 1.807) is 19.4 Å². The van der Waals surface area contributed by atoms with E-state index >= 15 is 0 Å². The Kier molecular flexibility index (Phi) is 3.50. The first-order chi connectivity index (χ1) is 13.2. The second-order valence-electron chi connectivity index (χ2n) is 7.15. The number of hydrogen-bond acceptors (Lipinski definition) is 4.